The minimum atomic E-state index is -0.102. The number of para-hydroxylation sites is 3. The maximum atomic E-state index is 14.0. The molecule has 0 radical (unpaired) electrons. The van der Waals surface area contributed by atoms with Crippen LogP contribution in [-0.2, 0) is 4.74 Å². The molecule has 36 heavy (non-hydrogen) atoms. The smallest absolute Gasteiger partial charge is 0.263 e. The highest BCUT2D eigenvalue weighted by Gasteiger charge is 2.25. The van der Waals surface area contributed by atoms with Crippen LogP contribution in [0.3, 0.4) is 0 Å². The molecule has 1 aromatic heterocycles. The van der Waals surface area contributed by atoms with Crippen molar-refractivity contribution < 1.29 is 14.3 Å². The lowest BCUT2D eigenvalue weighted by Gasteiger charge is -2.28. The third kappa shape index (κ3) is 6.05. The standard InChI is InChI=1S/C28H29N3O3S.ClH/c1-21-9-7-14-25-26(21)29-28(35-25)31(16-8-15-30-17-19-33-20-18-30)27(32)23-12-5-6-13-24(23)34-22-10-3-2-4-11-22;/h2-7,9-14H,8,15-20H2,1H3;1H. The van der Waals surface area contributed by atoms with Gasteiger partial charge in [-0.3, -0.25) is 14.6 Å². The number of carbonyl (C=O) groups excluding carboxylic acids is 1. The monoisotopic (exact) mass is 523 g/mol. The number of rotatable bonds is 8. The molecule has 2 heterocycles. The van der Waals surface area contributed by atoms with Crippen molar-refractivity contribution >= 4 is 45.0 Å². The molecule has 6 nitrogen and oxygen atoms in total. The molecular formula is C28H30ClN3O3S. The maximum Gasteiger partial charge on any atom is 0.263 e. The predicted molar refractivity (Wildman–Crippen MR) is 148 cm³/mol. The van der Waals surface area contributed by atoms with Crippen LogP contribution >= 0.6 is 23.7 Å². The summed E-state index contributed by atoms with van der Waals surface area (Å²) in [4.78, 5) is 23.1. The molecule has 1 fully saturated rings. The van der Waals surface area contributed by atoms with Gasteiger partial charge in [0.25, 0.3) is 5.91 Å². The number of ether oxygens (including phenoxy) is 2. The molecule has 0 spiro atoms. The predicted octanol–water partition coefficient (Wildman–Crippen LogP) is 6.19. The number of benzene rings is 3. The Balaban J connectivity index is 0.00000304. The van der Waals surface area contributed by atoms with Crippen molar-refractivity contribution in [1.29, 1.82) is 0 Å². The summed E-state index contributed by atoms with van der Waals surface area (Å²) in [6, 6.07) is 23.1. The van der Waals surface area contributed by atoms with Crippen molar-refractivity contribution in [3.05, 3.63) is 83.9 Å². The average molecular weight is 524 g/mol. The number of aromatic nitrogens is 1. The van der Waals surface area contributed by atoms with Gasteiger partial charge in [0.1, 0.15) is 11.5 Å². The topological polar surface area (TPSA) is 54.9 Å². The van der Waals surface area contributed by atoms with Gasteiger partial charge in [-0.05, 0) is 49.2 Å². The van der Waals surface area contributed by atoms with Crippen molar-refractivity contribution in [3.63, 3.8) is 0 Å². The van der Waals surface area contributed by atoms with Crippen LogP contribution in [0.25, 0.3) is 10.2 Å². The van der Waals surface area contributed by atoms with Gasteiger partial charge >= 0.3 is 0 Å². The number of anilines is 1. The Morgan fingerprint density at radius 3 is 2.56 bits per heavy atom. The molecule has 8 heteroatoms. The van der Waals surface area contributed by atoms with Crippen LogP contribution in [0.15, 0.2) is 72.8 Å². The summed E-state index contributed by atoms with van der Waals surface area (Å²) in [5.74, 6) is 1.14. The first kappa shape index (κ1) is 26.1. The summed E-state index contributed by atoms with van der Waals surface area (Å²) >= 11 is 1.56. The number of carbonyl (C=O) groups is 1. The molecule has 0 bridgehead atoms. The van der Waals surface area contributed by atoms with Crippen LogP contribution in [0, 0.1) is 6.92 Å². The Hall–Kier alpha value is -2.97. The van der Waals surface area contributed by atoms with Crippen LogP contribution in [-0.4, -0.2) is 55.2 Å². The van der Waals surface area contributed by atoms with E-state index in [2.05, 4.69) is 24.0 Å². The minimum absolute atomic E-state index is 0. The van der Waals surface area contributed by atoms with Gasteiger partial charge in [0.2, 0.25) is 0 Å². The first-order valence-corrected chi connectivity index (χ1v) is 12.8. The molecular weight excluding hydrogens is 494 g/mol. The first-order chi connectivity index (χ1) is 17.2. The van der Waals surface area contributed by atoms with Gasteiger partial charge in [0.05, 0.1) is 29.0 Å². The van der Waals surface area contributed by atoms with E-state index in [0.29, 0.717) is 23.6 Å². The highest BCUT2D eigenvalue weighted by molar-refractivity contribution is 7.22. The molecule has 1 aliphatic rings. The van der Waals surface area contributed by atoms with Crippen LogP contribution < -0.4 is 9.64 Å². The highest BCUT2D eigenvalue weighted by Crippen LogP contribution is 2.33. The zero-order valence-corrected chi connectivity index (χ0v) is 21.9. The van der Waals surface area contributed by atoms with E-state index in [-0.39, 0.29) is 18.3 Å². The van der Waals surface area contributed by atoms with Gasteiger partial charge in [-0.2, -0.15) is 0 Å². The van der Waals surface area contributed by atoms with Crippen molar-refractivity contribution in [2.24, 2.45) is 0 Å². The van der Waals surface area contributed by atoms with Gasteiger partial charge < -0.3 is 9.47 Å². The molecule has 188 valence electrons. The van der Waals surface area contributed by atoms with Crippen molar-refractivity contribution in [2.75, 3.05) is 44.3 Å². The SMILES string of the molecule is Cc1cccc2sc(N(CCCN3CCOCC3)C(=O)c3ccccc3Oc3ccccc3)nc12.Cl. The number of fused-ring (bicyclic) bond motifs is 1. The minimum Gasteiger partial charge on any atom is -0.457 e. The molecule has 0 saturated carbocycles. The Kier molecular flexibility index (Phi) is 8.93. The molecule has 0 aliphatic carbocycles. The summed E-state index contributed by atoms with van der Waals surface area (Å²) in [6.07, 6.45) is 0.850. The van der Waals surface area contributed by atoms with Crippen LogP contribution in [0.4, 0.5) is 5.13 Å². The highest BCUT2D eigenvalue weighted by atomic mass is 35.5. The lowest BCUT2D eigenvalue weighted by molar-refractivity contribution is 0.0376. The van der Waals surface area contributed by atoms with E-state index in [1.54, 1.807) is 11.3 Å². The van der Waals surface area contributed by atoms with Crippen LogP contribution in [0.1, 0.15) is 22.3 Å². The zero-order valence-electron chi connectivity index (χ0n) is 20.3. The first-order valence-electron chi connectivity index (χ1n) is 12.0. The molecule has 4 aromatic rings. The van der Waals surface area contributed by atoms with Crippen molar-refractivity contribution in [3.8, 4) is 11.5 Å². The fraction of sp³-hybridized carbons (Fsp3) is 0.286. The number of hydrogen-bond acceptors (Lipinski definition) is 6. The fourth-order valence-corrected chi connectivity index (χ4v) is 5.31. The van der Waals surface area contributed by atoms with E-state index < -0.39 is 0 Å². The largest absolute Gasteiger partial charge is 0.457 e. The Morgan fingerprint density at radius 1 is 1.03 bits per heavy atom. The maximum absolute atomic E-state index is 14.0. The van der Waals surface area contributed by atoms with Gasteiger partial charge in [0, 0.05) is 26.2 Å². The lowest BCUT2D eigenvalue weighted by atomic mass is 10.1. The third-order valence-electron chi connectivity index (χ3n) is 6.13. The summed E-state index contributed by atoms with van der Waals surface area (Å²) in [7, 11) is 0. The number of nitrogens with zero attached hydrogens (tertiary/aromatic N) is 3. The second kappa shape index (κ2) is 12.3. The second-order valence-electron chi connectivity index (χ2n) is 8.59. The van der Waals surface area contributed by atoms with Crippen LogP contribution in [0.5, 0.6) is 11.5 Å². The van der Waals surface area contributed by atoms with E-state index in [1.807, 2.05) is 65.6 Å². The van der Waals surface area contributed by atoms with Gasteiger partial charge in [-0.25, -0.2) is 4.98 Å². The van der Waals surface area contributed by atoms with E-state index in [9.17, 15) is 4.79 Å². The number of morpholine rings is 1. The number of thiazole rings is 1. The summed E-state index contributed by atoms with van der Waals surface area (Å²) in [6.45, 7) is 6.95. The summed E-state index contributed by atoms with van der Waals surface area (Å²) < 4.78 is 12.7. The number of halogens is 1. The normalized spacial score (nSPS) is 13.8. The average Bonchev–Trinajstić information content (AvgIpc) is 3.33. The van der Waals surface area contributed by atoms with E-state index in [0.717, 1.165) is 60.2 Å². The Morgan fingerprint density at radius 2 is 1.78 bits per heavy atom. The molecule has 1 aliphatic heterocycles. The molecule has 1 saturated heterocycles. The Labute approximate surface area is 221 Å². The molecule has 0 unspecified atom stereocenters. The van der Waals surface area contributed by atoms with Gasteiger partial charge in [-0.1, -0.05) is 53.8 Å². The van der Waals surface area contributed by atoms with Crippen molar-refractivity contribution in [1.82, 2.24) is 9.88 Å². The molecule has 1 amide bonds. The van der Waals surface area contributed by atoms with E-state index in [1.165, 1.54) is 0 Å². The van der Waals surface area contributed by atoms with E-state index >= 15 is 0 Å². The fourth-order valence-electron chi connectivity index (χ4n) is 4.24. The zero-order chi connectivity index (χ0) is 24.0. The molecule has 0 N–H and O–H groups in total. The lowest BCUT2D eigenvalue weighted by Crippen LogP contribution is -2.39. The molecule has 5 rings (SSSR count). The number of amides is 1. The van der Waals surface area contributed by atoms with Crippen LogP contribution in [0.2, 0.25) is 0 Å². The van der Waals surface area contributed by atoms with Gasteiger partial charge in [-0.15, -0.1) is 12.4 Å². The molecule has 0 atom stereocenters. The molecule has 3 aromatic carbocycles. The number of aryl methyl sites for hydroxylation is 1. The summed E-state index contributed by atoms with van der Waals surface area (Å²) in [5.41, 5.74) is 2.59. The second-order valence-corrected chi connectivity index (χ2v) is 9.60. The van der Waals surface area contributed by atoms with Gasteiger partial charge in [0.15, 0.2) is 5.13 Å². The summed E-state index contributed by atoms with van der Waals surface area (Å²) in [5, 5.41) is 0.718. The quantitative estimate of drug-likeness (QED) is 0.276. The van der Waals surface area contributed by atoms with Crippen molar-refractivity contribution in [2.45, 2.75) is 13.3 Å². The van der Waals surface area contributed by atoms with E-state index in [4.69, 9.17) is 14.5 Å². The Bertz CT molecular complexity index is 1290. The third-order valence-corrected chi connectivity index (χ3v) is 7.18. The number of hydrogen-bond donors (Lipinski definition) is 0.